The van der Waals surface area contributed by atoms with E-state index in [2.05, 4.69) is 25.3 Å². The highest BCUT2D eigenvalue weighted by Crippen LogP contribution is 2.31. The molecule has 0 fully saturated rings. The first-order valence-electron chi connectivity index (χ1n) is 8.86. The zero-order valence-electron chi connectivity index (χ0n) is 15.3. The van der Waals surface area contributed by atoms with Crippen molar-refractivity contribution in [1.82, 2.24) is 25.3 Å². The summed E-state index contributed by atoms with van der Waals surface area (Å²) in [4.78, 5) is 8.19. The molecule has 0 aliphatic heterocycles. The molecule has 0 N–H and O–H groups in total. The van der Waals surface area contributed by atoms with Gasteiger partial charge in [-0.25, -0.2) is 0 Å². The topological polar surface area (TPSA) is 90.7 Å². The maximum absolute atomic E-state index is 12.8. The number of aryl methyl sites for hydroxylation is 1. The van der Waals surface area contributed by atoms with Crippen molar-refractivity contribution in [1.29, 1.82) is 0 Å². The molecule has 0 aliphatic rings. The van der Waals surface area contributed by atoms with Crippen LogP contribution in [-0.4, -0.2) is 31.1 Å². The molecular formula is C19H14F3N5O2S. The Morgan fingerprint density at radius 3 is 2.70 bits per heavy atom. The highest BCUT2D eigenvalue weighted by Gasteiger charge is 2.30. The van der Waals surface area contributed by atoms with Gasteiger partial charge < -0.3 is 8.94 Å². The third-order valence-electron chi connectivity index (χ3n) is 3.99. The predicted octanol–water partition coefficient (Wildman–Crippen LogP) is 4.93. The lowest BCUT2D eigenvalue weighted by molar-refractivity contribution is -0.137. The number of hydrogen-bond acceptors (Lipinski definition) is 8. The summed E-state index contributed by atoms with van der Waals surface area (Å²) in [6.45, 7) is 0. The Hall–Kier alpha value is -3.21. The number of alkyl halides is 3. The lowest BCUT2D eigenvalue weighted by atomic mass is 10.1. The second-order valence-corrected chi connectivity index (χ2v) is 7.20. The van der Waals surface area contributed by atoms with E-state index in [9.17, 15) is 13.2 Å². The lowest BCUT2D eigenvalue weighted by Gasteiger charge is -2.06. The van der Waals surface area contributed by atoms with Gasteiger partial charge >= 0.3 is 6.18 Å². The van der Waals surface area contributed by atoms with E-state index in [-0.39, 0.29) is 11.4 Å². The first kappa shape index (κ1) is 20.1. The van der Waals surface area contributed by atoms with Crippen LogP contribution in [0.3, 0.4) is 0 Å². The zero-order chi connectivity index (χ0) is 21.0. The van der Waals surface area contributed by atoms with Crippen LogP contribution in [0.5, 0.6) is 0 Å². The van der Waals surface area contributed by atoms with E-state index in [1.165, 1.54) is 23.9 Å². The van der Waals surface area contributed by atoms with Gasteiger partial charge in [0.1, 0.15) is 0 Å². The molecule has 0 saturated heterocycles. The summed E-state index contributed by atoms with van der Waals surface area (Å²) in [6, 6.07) is 8.43. The summed E-state index contributed by atoms with van der Waals surface area (Å²) in [6.07, 6.45) is 0.0263. The van der Waals surface area contributed by atoms with Gasteiger partial charge in [0.2, 0.25) is 17.6 Å². The van der Waals surface area contributed by atoms with Gasteiger partial charge in [-0.3, -0.25) is 4.98 Å². The van der Waals surface area contributed by atoms with Crippen molar-refractivity contribution in [2.45, 2.75) is 24.2 Å². The zero-order valence-corrected chi connectivity index (χ0v) is 16.2. The van der Waals surface area contributed by atoms with Gasteiger partial charge in [-0.05, 0) is 30.7 Å². The van der Waals surface area contributed by atoms with Crippen LogP contribution in [0.15, 0.2) is 63.0 Å². The molecular weight excluding hydrogens is 419 g/mol. The van der Waals surface area contributed by atoms with Gasteiger partial charge in [-0.1, -0.05) is 29.1 Å². The summed E-state index contributed by atoms with van der Waals surface area (Å²) in [7, 11) is 0. The predicted molar refractivity (Wildman–Crippen MR) is 101 cm³/mol. The Labute approximate surface area is 172 Å². The van der Waals surface area contributed by atoms with Crippen LogP contribution >= 0.6 is 11.8 Å². The molecule has 3 aromatic heterocycles. The molecule has 4 rings (SSSR count). The minimum Gasteiger partial charge on any atom is -0.411 e. The minimum absolute atomic E-state index is 0.127. The number of hydrogen-bond donors (Lipinski definition) is 0. The van der Waals surface area contributed by atoms with Gasteiger partial charge in [0.25, 0.3) is 5.22 Å². The van der Waals surface area contributed by atoms with E-state index in [0.717, 1.165) is 17.7 Å². The molecule has 0 saturated carbocycles. The average molecular weight is 433 g/mol. The molecule has 154 valence electrons. The van der Waals surface area contributed by atoms with Crippen molar-refractivity contribution in [2.24, 2.45) is 0 Å². The molecule has 0 spiro atoms. The molecule has 30 heavy (non-hydrogen) atoms. The smallest absolute Gasteiger partial charge is 0.411 e. The molecule has 11 heteroatoms. The summed E-state index contributed by atoms with van der Waals surface area (Å²) in [5, 5.41) is 12.2. The molecule has 4 aromatic rings. The summed E-state index contributed by atoms with van der Waals surface area (Å²) in [5.74, 6) is 1.54. The summed E-state index contributed by atoms with van der Waals surface area (Å²) in [5.41, 5.74) is 0.237. The van der Waals surface area contributed by atoms with Crippen molar-refractivity contribution >= 4 is 11.8 Å². The second kappa shape index (κ2) is 8.66. The van der Waals surface area contributed by atoms with Crippen LogP contribution in [0.4, 0.5) is 13.2 Å². The van der Waals surface area contributed by atoms with E-state index in [4.69, 9.17) is 8.94 Å². The average Bonchev–Trinajstić information content (AvgIpc) is 3.41. The fourth-order valence-electron chi connectivity index (χ4n) is 2.57. The Morgan fingerprint density at radius 1 is 1.03 bits per heavy atom. The van der Waals surface area contributed by atoms with E-state index in [1.54, 1.807) is 18.5 Å². The van der Waals surface area contributed by atoms with Crippen molar-refractivity contribution in [3.63, 3.8) is 0 Å². The fraction of sp³-hybridized carbons (Fsp3) is 0.211. The Bertz CT molecular complexity index is 1110. The first-order chi connectivity index (χ1) is 14.5. The van der Waals surface area contributed by atoms with Gasteiger partial charge in [0, 0.05) is 30.1 Å². The number of thioether (sulfide) groups is 1. The third-order valence-corrected chi connectivity index (χ3v) is 4.90. The number of benzene rings is 1. The maximum Gasteiger partial charge on any atom is 0.416 e. The molecule has 1 aromatic carbocycles. The van der Waals surface area contributed by atoms with E-state index in [1.807, 2.05) is 6.07 Å². The quantitative estimate of drug-likeness (QED) is 0.299. The number of pyridine rings is 1. The summed E-state index contributed by atoms with van der Waals surface area (Å²) >= 11 is 1.39. The SMILES string of the molecule is FC(F)(F)c1cccc(-c2noc(CCCSc3nnc(-c4cccnc4)o3)n2)c1. The van der Waals surface area contributed by atoms with Crippen LogP contribution in [0, 0.1) is 0 Å². The van der Waals surface area contributed by atoms with Crippen molar-refractivity contribution in [2.75, 3.05) is 5.75 Å². The van der Waals surface area contributed by atoms with Gasteiger partial charge in [0.05, 0.1) is 11.1 Å². The fourth-order valence-corrected chi connectivity index (χ4v) is 3.26. The largest absolute Gasteiger partial charge is 0.416 e. The first-order valence-corrected chi connectivity index (χ1v) is 9.84. The number of rotatable bonds is 7. The molecule has 0 aliphatic carbocycles. The van der Waals surface area contributed by atoms with Crippen LogP contribution in [0.2, 0.25) is 0 Å². The van der Waals surface area contributed by atoms with Crippen molar-refractivity contribution < 1.29 is 22.1 Å². The standard InChI is InChI=1S/C19H14F3N5O2S/c20-19(21,22)14-6-1-4-12(10-14)16-24-15(29-27-16)7-3-9-30-18-26-25-17(28-18)13-5-2-8-23-11-13/h1-2,4-6,8,10-11H,3,7,9H2. The van der Waals surface area contributed by atoms with Crippen molar-refractivity contribution in [3.8, 4) is 22.8 Å². The monoisotopic (exact) mass is 433 g/mol. The van der Waals surface area contributed by atoms with E-state index < -0.39 is 11.7 Å². The van der Waals surface area contributed by atoms with Gasteiger partial charge in [-0.2, -0.15) is 18.2 Å². The van der Waals surface area contributed by atoms with Crippen LogP contribution in [0.25, 0.3) is 22.8 Å². The van der Waals surface area contributed by atoms with E-state index >= 15 is 0 Å². The number of halogens is 3. The van der Waals surface area contributed by atoms with Crippen LogP contribution < -0.4 is 0 Å². The second-order valence-electron chi connectivity index (χ2n) is 6.16. The van der Waals surface area contributed by atoms with Gasteiger partial charge in [0.15, 0.2) is 0 Å². The molecule has 0 atom stereocenters. The number of aromatic nitrogens is 5. The van der Waals surface area contributed by atoms with Crippen LogP contribution in [0.1, 0.15) is 17.9 Å². The van der Waals surface area contributed by atoms with E-state index in [0.29, 0.717) is 35.6 Å². The number of nitrogens with zero attached hydrogens (tertiary/aromatic N) is 5. The Balaban J connectivity index is 1.30. The van der Waals surface area contributed by atoms with Crippen LogP contribution in [-0.2, 0) is 12.6 Å². The highest BCUT2D eigenvalue weighted by molar-refractivity contribution is 7.99. The Kier molecular flexibility index (Phi) is 5.79. The Morgan fingerprint density at radius 2 is 1.90 bits per heavy atom. The molecule has 0 unspecified atom stereocenters. The van der Waals surface area contributed by atoms with Crippen molar-refractivity contribution in [3.05, 3.63) is 60.2 Å². The third kappa shape index (κ3) is 4.85. The minimum atomic E-state index is -4.43. The molecule has 3 heterocycles. The molecule has 0 amide bonds. The molecule has 0 radical (unpaired) electrons. The lowest BCUT2D eigenvalue weighted by Crippen LogP contribution is -2.04. The maximum atomic E-state index is 12.8. The normalized spacial score (nSPS) is 11.7. The summed E-state index contributed by atoms with van der Waals surface area (Å²) < 4.78 is 49.3. The molecule has 0 bridgehead atoms. The highest BCUT2D eigenvalue weighted by atomic mass is 32.2. The molecule has 7 nitrogen and oxygen atoms in total. The van der Waals surface area contributed by atoms with Gasteiger partial charge in [-0.15, -0.1) is 10.2 Å².